The van der Waals surface area contributed by atoms with Crippen LogP contribution in [0.5, 0.6) is 0 Å². The lowest BCUT2D eigenvalue weighted by Gasteiger charge is -2.27. The maximum atomic E-state index is 13.1. The van der Waals surface area contributed by atoms with Crippen LogP contribution in [0, 0.1) is 5.92 Å². The topological polar surface area (TPSA) is 0 Å². The molecule has 1 aliphatic heterocycles. The lowest BCUT2D eigenvalue weighted by molar-refractivity contribution is 0.410. The van der Waals surface area contributed by atoms with Crippen molar-refractivity contribution in [3.05, 3.63) is 54.1 Å². The van der Waals surface area contributed by atoms with Crippen molar-refractivity contribution in [2.45, 2.75) is 56.7 Å². The highest BCUT2D eigenvalue weighted by Crippen LogP contribution is 2.31. The predicted octanol–water partition coefficient (Wildman–Crippen LogP) is 6.76. The fourth-order valence-electron chi connectivity index (χ4n) is 3.66. The van der Waals surface area contributed by atoms with Crippen LogP contribution in [-0.4, -0.2) is 8.80 Å². The molecule has 0 spiro atoms. The van der Waals surface area contributed by atoms with Crippen molar-refractivity contribution >= 4 is 14.6 Å². The molecule has 0 atom stereocenters. The highest BCUT2D eigenvalue weighted by molar-refractivity contribution is 6.58. The molecular weight excluding hydrogens is 325 g/mol. The van der Waals surface area contributed by atoms with Crippen LogP contribution in [0.4, 0.5) is 13.2 Å². The summed E-state index contributed by atoms with van der Waals surface area (Å²) in [4.78, 5) is 0. The van der Waals surface area contributed by atoms with E-state index in [1.54, 1.807) is 12.1 Å². The van der Waals surface area contributed by atoms with E-state index in [1.807, 2.05) is 6.08 Å². The molecule has 0 N–H and O–H groups in total. The predicted molar refractivity (Wildman–Crippen MR) is 98.7 cm³/mol. The summed E-state index contributed by atoms with van der Waals surface area (Å²) in [6, 6.07) is 10.8. The van der Waals surface area contributed by atoms with Gasteiger partial charge in [-0.3, -0.25) is 0 Å². The van der Waals surface area contributed by atoms with E-state index in [-0.39, 0.29) is 5.56 Å². The van der Waals surface area contributed by atoms with Crippen molar-refractivity contribution in [2.24, 2.45) is 5.92 Å². The number of unbranched alkanes of at least 4 members (excludes halogenated alkanes) is 1. The Labute approximate surface area is 145 Å². The lowest BCUT2D eigenvalue weighted by atomic mass is 9.94. The molecular formula is C20H27F3Si. The summed E-state index contributed by atoms with van der Waals surface area (Å²) in [6.45, 7) is 3.79. The summed E-state index contributed by atoms with van der Waals surface area (Å²) < 4.78 is 37.6. The summed E-state index contributed by atoms with van der Waals surface area (Å²) in [5.74, 6) is -0.617. The van der Waals surface area contributed by atoms with Gasteiger partial charge in [-0.2, -0.15) is 8.78 Å². The molecule has 0 saturated carbocycles. The van der Waals surface area contributed by atoms with E-state index < -0.39 is 20.7 Å². The Morgan fingerprint density at radius 3 is 2.38 bits per heavy atom. The van der Waals surface area contributed by atoms with E-state index >= 15 is 0 Å². The molecule has 1 aliphatic rings. The molecule has 4 heteroatoms. The van der Waals surface area contributed by atoms with Gasteiger partial charge in [0.15, 0.2) is 5.83 Å². The molecule has 1 heterocycles. The summed E-state index contributed by atoms with van der Waals surface area (Å²) in [5.41, 5.74) is 1.07. The average Bonchev–Trinajstić information content (AvgIpc) is 2.61. The smallest absolute Gasteiger partial charge is 0.200 e. The number of allylic oxidation sites excluding steroid dienone is 1. The Morgan fingerprint density at radius 1 is 1.12 bits per heavy atom. The van der Waals surface area contributed by atoms with Gasteiger partial charge in [0.2, 0.25) is 0 Å². The molecule has 0 radical (unpaired) electrons. The molecule has 0 amide bonds. The number of aryl methyl sites for hydroxylation is 1. The molecule has 24 heavy (non-hydrogen) atoms. The third kappa shape index (κ3) is 5.97. The minimum absolute atomic E-state index is 0.0372. The molecule has 1 aromatic carbocycles. The number of halogens is 3. The van der Waals surface area contributed by atoms with Crippen molar-refractivity contribution < 1.29 is 13.2 Å². The first-order valence-electron chi connectivity index (χ1n) is 9.01. The SMILES string of the molecule is C=CCCC[SiH]1CCC(CCc2ccc(C(F)=C(F)F)cc2)CC1. The van der Waals surface area contributed by atoms with Gasteiger partial charge >= 0.3 is 6.08 Å². The summed E-state index contributed by atoms with van der Waals surface area (Å²) >= 11 is 0. The van der Waals surface area contributed by atoms with Gasteiger partial charge < -0.3 is 0 Å². The van der Waals surface area contributed by atoms with E-state index in [9.17, 15) is 13.2 Å². The highest BCUT2D eigenvalue weighted by Gasteiger charge is 2.21. The molecule has 132 valence electrons. The van der Waals surface area contributed by atoms with Gasteiger partial charge in [0.1, 0.15) is 0 Å². The zero-order valence-electron chi connectivity index (χ0n) is 14.2. The van der Waals surface area contributed by atoms with Crippen LogP contribution in [0.2, 0.25) is 18.1 Å². The quantitative estimate of drug-likeness (QED) is 0.275. The zero-order valence-corrected chi connectivity index (χ0v) is 15.4. The number of hydrogen-bond donors (Lipinski definition) is 0. The van der Waals surface area contributed by atoms with Crippen LogP contribution >= 0.6 is 0 Å². The van der Waals surface area contributed by atoms with Crippen LogP contribution in [0.3, 0.4) is 0 Å². The van der Waals surface area contributed by atoms with Crippen LogP contribution in [0.25, 0.3) is 5.83 Å². The van der Waals surface area contributed by atoms with Gasteiger partial charge in [-0.25, -0.2) is 4.39 Å². The largest absolute Gasteiger partial charge is 0.306 e. The Bertz CT molecular complexity index is 539. The average molecular weight is 353 g/mol. The number of hydrogen-bond acceptors (Lipinski definition) is 0. The van der Waals surface area contributed by atoms with Crippen LogP contribution in [0.15, 0.2) is 43.0 Å². The van der Waals surface area contributed by atoms with Crippen LogP contribution < -0.4 is 0 Å². The van der Waals surface area contributed by atoms with E-state index in [2.05, 4.69) is 6.58 Å². The van der Waals surface area contributed by atoms with E-state index in [4.69, 9.17) is 0 Å². The molecule has 1 fully saturated rings. The van der Waals surface area contributed by atoms with Crippen molar-refractivity contribution in [3.63, 3.8) is 0 Å². The first-order chi connectivity index (χ1) is 11.6. The maximum absolute atomic E-state index is 13.1. The summed E-state index contributed by atoms with van der Waals surface area (Å²) in [7, 11) is -0.489. The van der Waals surface area contributed by atoms with Gasteiger partial charge in [0.05, 0.1) is 0 Å². The van der Waals surface area contributed by atoms with Gasteiger partial charge in [0, 0.05) is 14.4 Å². The Hall–Kier alpha value is -1.29. The molecule has 2 rings (SSSR count). The second-order valence-electron chi connectivity index (χ2n) is 6.92. The van der Waals surface area contributed by atoms with Crippen LogP contribution in [0.1, 0.15) is 43.2 Å². The fourth-order valence-corrected chi connectivity index (χ4v) is 7.22. The van der Waals surface area contributed by atoms with Gasteiger partial charge in [0.25, 0.3) is 0 Å². The summed E-state index contributed by atoms with van der Waals surface area (Å²) in [6.07, 6.45) is 7.07. The van der Waals surface area contributed by atoms with Crippen molar-refractivity contribution in [2.75, 3.05) is 0 Å². The van der Waals surface area contributed by atoms with E-state index in [1.165, 1.54) is 49.5 Å². The monoisotopic (exact) mass is 352 g/mol. The highest BCUT2D eigenvalue weighted by atomic mass is 28.3. The number of benzene rings is 1. The van der Waals surface area contributed by atoms with E-state index in [0.717, 1.165) is 30.7 Å². The minimum atomic E-state index is -2.25. The van der Waals surface area contributed by atoms with Crippen molar-refractivity contribution in [1.82, 2.24) is 0 Å². The Kier molecular flexibility index (Phi) is 7.83. The zero-order chi connectivity index (χ0) is 17.4. The fraction of sp³-hybridized carbons (Fsp3) is 0.500. The summed E-state index contributed by atoms with van der Waals surface area (Å²) in [5, 5.41) is 0. The van der Waals surface area contributed by atoms with E-state index in [0.29, 0.717) is 0 Å². The third-order valence-electron chi connectivity index (χ3n) is 5.20. The molecule has 0 aromatic heterocycles. The first-order valence-corrected chi connectivity index (χ1v) is 11.5. The molecule has 1 saturated heterocycles. The maximum Gasteiger partial charge on any atom is 0.306 e. The Balaban J connectivity index is 1.73. The molecule has 0 bridgehead atoms. The molecule has 0 aliphatic carbocycles. The normalized spacial score (nSPS) is 20.6. The second-order valence-corrected chi connectivity index (χ2v) is 10.4. The molecule has 0 unspecified atom stereocenters. The van der Waals surface area contributed by atoms with Crippen molar-refractivity contribution in [1.29, 1.82) is 0 Å². The first kappa shape index (κ1) is 19.0. The standard InChI is InChI=1S/C20H27F3Si/c1-2-3-4-13-24-14-11-17(12-15-24)6-5-16-7-9-18(10-8-16)19(21)20(22)23/h2,7-10,17,24H,1,3-6,11-15H2. The second kappa shape index (κ2) is 9.87. The van der Waals surface area contributed by atoms with Gasteiger partial charge in [-0.15, -0.1) is 6.58 Å². The van der Waals surface area contributed by atoms with Gasteiger partial charge in [-0.05, 0) is 30.7 Å². The molecule has 1 aromatic rings. The Morgan fingerprint density at radius 2 is 1.79 bits per heavy atom. The van der Waals surface area contributed by atoms with Gasteiger partial charge in [-0.1, -0.05) is 67.7 Å². The number of rotatable bonds is 8. The third-order valence-corrected chi connectivity index (χ3v) is 8.73. The van der Waals surface area contributed by atoms with Crippen molar-refractivity contribution in [3.8, 4) is 0 Å². The lowest BCUT2D eigenvalue weighted by Crippen LogP contribution is -2.21. The minimum Gasteiger partial charge on any atom is -0.200 e. The molecule has 0 nitrogen and oxygen atoms in total. The van der Waals surface area contributed by atoms with Crippen LogP contribution in [-0.2, 0) is 6.42 Å².